The van der Waals surface area contributed by atoms with Crippen molar-refractivity contribution in [3.8, 4) is 16.3 Å². The Labute approximate surface area is 154 Å². The highest BCUT2D eigenvalue weighted by Crippen LogP contribution is 2.35. The van der Waals surface area contributed by atoms with Crippen molar-refractivity contribution in [1.82, 2.24) is 20.1 Å². The van der Waals surface area contributed by atoms with E-state index >= 15 is 0 Å². The van der Waals surface area contributed by atoms with Crippen LogP contribution in [0.3, 0.4) is 0 Å². The Bertz CT molecular complexity index is 1070. The minimum absolute atomic E-state index is 0.482. The van der Waals surface area contributed by atoms with E-state index in [4.69, 9.17) is 9.26 Å². The van der Waals surface area contributed by atoms with E-state index in [9.17, 15) is 0 Å². The molecule has 0 atom stereocenters. The summed E-state index contributed by atoms with van der Waals surface area (Å²) in [5, 5.41) is 9.00. The first-order valence-electron chi connectivity index (χ1n) is 8.05. The topological polar surface area (TPSA) is 86.0 Å². The van der Waals surface area contributed by atoms with Crippen LogP contribution in [0.2, 0.25) is 0 Å². The predicted octanol–water partition coefficient (Wildman–Crippen LogP) is 3.98. The van der Waals surface area contributed by atoms with E-state index in [0.29, 0.717) is 18.1 Å². The van der Waals surface area contributed by atoms with Crippen LogP contribution in [0, 0.1) is 13.8 Å². The number of hydrogen-bond acceptors (Lipinski definition) is 8. The highest BCUT2D eigenvalue weighted by molar-refractivity contribution is 7.14. The lowest BCUT2D eigenvalue weighted by Gasteiger charge is -2.11. The monoisotopic (exact) mass is 367 g/mol. The second-order valence-electron chi connectivity index (χ2n) is 5.86. The van der Waals surface area contributed by atoms with Gasteiger partial charge < -0.3 is 14.6 Å². The summed E-state index contributed by atoms with van der Waals surface area (Å²) >= 11 is 1.64. The zero-order chi connectivity index (χ0) is 18.1. The number of nitrogens with one attached hydrogen (secondary N) is 1. The van der Waals surface area contributed by atoms with Gasteiger partial charge in [0.25, 0.3) is 0 Å². The van der Waals surface area contributed by atoms with Gasteiger partial charge in [-0.3, -0.25) is 0 Å². The normalized spacial score (nSPS) is 11.0. The SMILES string of the molecule is COc1cc(-c2ncc(C)s2)cc2c(NCc3cc(C)no3)ncnc12. The predicted molar refractivity (Wildman–Crippen MR) is 101 cm³/mol. The largest absolute Gasteiger partial charge is 0.494 e. The Morgan fingerprint density at radius 1 is 1.15 bits per heavy atom. The van der Waals surface area contributed by atoms with Gasteiger partial charge in [-0.2, -0.15) is 0 Å². The van der Waals surface area contributed by atoms with Crippen LogP contribution in [0.1, 0.15) is 16.3 Å². The summed E-state index contributed by atoms with van der Waals surface area (Å²) in [4.78, 5) is 14.4. The molecule has 7 nitrogen and oxygen atoms in total. The van der Waals surface area contributed by atoms with Crippen LogP contribution in [-0.4, -0.2) is 27.2 Å². The lowest BCUT2D eigenvalue weighted by molar-refractivity contribution is 0.384. The molecule has 26 heavy (non-hydrogen) atoms. The number of rotatable bonds is 5. The van der Waals surface area contributed by atoms with Gasteiger partial charge in [-0.25, -0.2) is 15.0 Å². The van der Waals surface area contributed by atoms with E-state index in [1.165, 1.54) is 6.33 Å². The summed E-state index contributed by atoms with van der Waals surface area (Å²) < 4.78 is 10.8. The van der Waals surface area contributed by atoms with Crippen molar-refractivity contribution in [3.05, 3.63) is 47.1 Å². The molecule has 0 aliphatic carbocycles. The van der Waals surface area contributed by atoms with Crippen LogP contribution in [0.4, 0.5) is 5.82 Å². The van der Waals surface area contributed by atoms with Gasteiger partial charge in [-0.05, 0) is 26.0 Å². The van der Waals surface area contributed by atoms with Crippen LogP contribution < -0.4 is 10.1 Å². The third-order valence-electron chi connectivity index (χ3n) is 3.90. The second kappa shape index (κ2) is 6.72. The van der Waals surface area contributed by atoms with Crippen molar-refractivity contribution in [3.63, 3.8) is 0 Å². The first-order chi connectivity index (χ1) is 12.6. The third-order valence-corrected chi connectivity index (χ3v) is 4.86. The maximum absolute atomic E-state index is 5.55. The fourth-order valence-corrected chi connectivity index (χ4v) is 3.47. The van der Waals surface area contributed by atoms with E-state index in [0.717, 1.165) is 37.8 Å². The lowest BCUT2D eigenvalue weighted by Crippen LogP contribution is -2.02. The van der Waals surface area contributed by atoms with Gasteiger partial charge in [-0.15, -0.1) is 11.3 Å². The zero-order valence-electron chi connectivity index (χ0n) is 14.6. The van der Waals surface area contributed by atoms with Gasteiger partial charge in [0.1, 0.15) is 28.4 Å². The molecule has 0 saturated carbocycles. The molecule has 132 valence electrons. The minimum Gasteiger partial charge on any atom is -0.494 e. The number of fused-ring (bicyclic) bond motifs is 1. The lowest BCUT2D eigenvalue weighted by atomic mass is 10.1. The van der Waals surface area contributed by atoms with E-state index in [2.05, 4.69) is 25.4 Å². The van der Waals surface area contributed by atoms with Crippen LogP contribution >= 0.6 is 11.3 Å². The molecule has 0 fully saturated rings. The number of ether oxygens (including phenoxy) is 1. The Kier molecular flexibility index (Phi) is 4.26. The number of aryl methyl sites for hydroxylation is 2. The molecule has 0 radical (unpaired) electrons. The molecule has 0 aliphatic rings. The fraction of sp³-hybridized carbons (Fsp3) is 0.222. The van der Waals surface area contributed by atoms with Gasteiger partial charge in [-0.1, -0.05) is 5.16 Å². The first-order valence-corrected chi connectivity index (χ1v) is 8.87. The molecule has 4 rings (SSSR count). The van der Waals surface area contributed by atoms with Crippen LogP contribution in [0.25, 0.3) is 21.5 Å². The number of nitrogens with zero attached hydrogens (tertiary/aromatic N) is 4. The summed E-state index contributed by atoms with van der Waals surface area (Å²) in [7, 11) is 1.64. The number of methoxy groups -OCH3 is 1. The molecule has 1 N–H and O–H groups in total. The van der Waals surface area contributed by atoms with Crippen molar-refractivity contribution in [2.24, 2.45) is 0 Å². The van der Waals surface area contributed by atoms with Crippen LogP contribution in [-0.2, 0) is 6.54 Å². The number of aromatic nitrogens is 4. The molecule has 0 aliphatic heterocycles. The molecule has 0 spiro atoms. The van der Waals surface area contributed by atoms with Crippen LogP contribution in [0.5, 0.6) is 5.75 Å². The molecule has 0 bridgehead atoms. The maximum Gasteiger partial charge on any atom is 0.156 e. The van der Waals surface area contributed by atoms with E-state index in [1.807, 2.05) is 38.2 Å². The van der Waals surface area contributed by atoms with Gasteiger partial charge >= 0.3 is 0 Å². The molecule has 4 aromatic rings. The molecular formula is C18H17N5O2S. The Morgan fingerprint density at radius 3 is 2.73 bits per heavy atom. The Hall–Kier alpha value is -3.00. The summed E-state index contributed by atoms with van der Waals surface area (Å²) in [6, 6.07) is 5.88. The van der Waals surface area contributed by atoms with Crippen LogP contribution in [0.15, 0.2) is 35.2 Å². The highest BCUT2D eigenvalue weighted by atomic mass is 32.1. The third kappa shape index (κ3) is 3.11. The molecule has 3 aromatic heterocycles. The van der Waals surface area contributed by atoms with Gasteiger partial charge in [0.15, 0.2) is 5.76 Å². The smallest absolute Gasteiger partial charge is 0.156 e. The van der Waals surface area contributed by atoms with Crippen molar-refractivity contribution >= 4 is 28.1 Å². The van der Waals surface area contributed by atoms with Crippen molar-refractivity contribution in [2.45, 2.75) is 20.4 Å². The molecule has 1 aromatic carbocycles. The van der Waals surface area contributed by atoms with Gasteiger partial charge in [0.2, 0.25) is 0 Å². The second-order valence-corrected chi connectivity index (χ2v) is 7.10. The van der Waals surface area contributed by atoms with Crippen molar-refractivity contribution < 1.29 is 9.26 Å². The summed E-state index contributed by atoms with van der Waals surface area (Å²) in [5.74, 6) is 2.14. The number of benzene rings is 1. The number of anilines is 1. The molecule has 0 saturated heterocycles. The zero-order valence-corrected chi connectivity index (χ0v) is 15.4. The average Bonchev–Trinajstić information content (AvgIpc) is 3.27. The maximum atomic E-state index is 5.55. The molecular weight excluding hydrogens is 350 g/mol. The summed E-state index contributed by atoms with van der Waals surface area (Å²) in [6.07, 6.45) is 3.38. The standard InChI is InChI=1S/C18H17N5O2S/c1-10-4-13(25-23-10)8-19-17-14-5-12(18-20-7-11(2)26-18)6-15(24-3)16(14)21-9-22-17/h4-7,9H,8H2,1-3H3,(H,19,21,22). The van der Waals surface area contributed by atoms with Crippen molar-refractivity contribution in [2.75, 3.05) is 12.4 Å². The molecule has 0 amide bonds. The quantitative estimate of drug-likeness (QED) is 0.571. The van der Waals surface area contributed by atoms with E-state index in [1.54, 1.807) is 18.4 Å². The average molecular weight is 367 g/mol. The summed E-state index contributed by atoms with van der Waals surface area (Å²) in [6.45, 7) is 4.41. The Morgan fingerprint density at radius 2 is 2.04 bits per heavy atom. The fourth-order valence-electron chi connectivity index (χ4n) is 2.71. The highest BCUT2D eigenvalue weighted by Gasteiger charge is 2.14. The summed E-state index contributed by atoms with van der Waals surface area (Å²) in [5.41, 5.74) is 2.56. The van der Waals surface area contributed by atoms with Crippen molar-refractivity contribution in [1.29, 1.82) is 0 Å². The van der Waals surface area contributed by atoms with Gasteiger partial charge in [0, 0.05) is 28.1 Å². The minimum atomic E-state index is 0.482. The Balaban J connectivity index is 1.77. The van der Waals surface area contributed by atoms with E-state index < -0.39 is 0 Å². The molecule has 0 unspecified atom stereocenters. The number of hydrogen-bond donors (Lipinski definition) is 1. The van der Waals surface area contributed by atoms with E-state index in [-0.39, 0.29) is 0 Å². The van der Waals surface area contributed by atoms with Gasteiger partial charge in [0.05, 0.1) is 19.3 Å². The molecule has 3 heterocycles. The number of thiazole rings is 1. The first kappa shape index (κ1) is 16.5. The molecule has 8 heteroatoms.